The van der Waals surface area contributed by atoms with Crippen molar-refractivity contribution in [2.24, 2.45) is 17.3 Å². The average molecular weight is 518 g/mol. The summed E-state index contributed by atoms with van der Waals surface area (Å²) in [4.78, 5) is 2.93. The fraction of sp³-hybridized carbons (Fsp3) is 0.625. The molecule has 37 heavy (non-hydrogen) atoms. The van der Waals surface area contributed by atoms with Gasteiger partial charge in [-0.3, -0.25) is 4.90 Å². The molecule has 0 aromatic heterocycles. The van der Waals surface area contributed by atoms with Crippen molar-refractivity contribution in [3.8, 4) is 11.5 Å². The maximum absolute atomic E-state index is 7.17. The average Bonchev–Trinajstić information content (AvgIpc) is 3.68. The summed E-state index contributed by atoms with van der Waals surface area (Å²) in [6.45, 7) is 2.50. The molecule has 3 unspecified atom stereocenters. The molecule has 1 saturated heterocycles. The first-order valence-corrected chi connectivity index (χ1v) is 15.6. The van der Waals surface area contributed by atoms with Crippen LogP contribution in [-0.2, 0) is 22.3 Å². The Labute approximate surface area is 225 Å². The van der Waals surface area contributed by atoms with Crippen molar-refractivity contribution in [2.75, 3.05) is 33.1 Å². The van der Waals surface area contributed by atoms with Crippen LogP contribution in [0.5, 0.6) is 11.5 Å². The van der Waals surface area contributed by atoms with Crippen molar-refractivity contribution in [1.29, 1.82) is 0 Å². The van der Waals surface area contributed by atoms with Crippen LogP contribution in [0.15, 0.2) is 42.5 Å². The van der Waals surface area contributed by atoms with Gasteiger partial charge in [0.2, 0.25) is 0 Å². The van der Waals surface area contributed by atoms with E-state index >= 15 is 0 Å². The summed E-state index contributed by atoms with van der Waals surface area (Å²) in [5, 5.41) is 0. The van der Waals surface area contributed by atoms with E-state index in [1.54, 1.807) is 7.11 Å². The number of hydrogen-bond donors (Lipinski definition) is 0. The third-order valence-corrected chi connectivity index (χ3v) is 12.6. The van der Waals surface area contributed by atoms with E-state index in [0.717, 1.165) is 35.3 Å². The molecule has 0 radical (unpaired) electrons. The number of fused-ring (bicyclic) bond motifs is 2. The molecule has 2 aliphatic heterocycles. The molecule has 2 spiro atoms. The van der Waals surface area contributed by atoms with E-state index in [2.05, 4.69) is 59.1 Å². The van der Waals surface area contributed by atoms with Gasteiger partial charge < -0.3 is 14.2 Å². The van der Waals surface area contributed by atoms with Crippen LogP contribution in [-0.4, -0.2) is 55.7 Å². The molecular formula is C32H39NO3S. The molecule has 6 atom stereocenters. The number of piperidine rings is 1. The number of hydrogen-bond acceptors (Lipinski definition) is 5. The summed E-state index contributed by atoms with van der Waals surface area (Å²) in [6, 6.07) is 16.1. The van der Waals surface area contributed by atoms with Gasteiger partial charge in [-0.15, -0.1) is 0 Å². The largest absolute Gasteiger partial charge is 0.493 e. The highest BCUT2D eigenvalue weighted by atomic mass is 32.2. The lowest BCUT2D eigenvalue weighted by molar-refractivity contribution is -0.273. The third kappa shape index (κ3) is 2.94. The Bertz CT molecular complexity index is 1220. The van der Waals surface area contributed by atoms with E-state index < -0.39 is 0 Å². The molecule has 5 aliphatic carbocycles. The SMILES string of the molecule is COc1ccc2c3c1O[C@H]1C4(OC)CCC5(C[C@@H]4CSCc4ccccc4)[C@@H](C2)N(CC2CC2)CCC315. The molecule has 0 N–H and O–H groups in total. The second-order valence-corrected chi connectivity index (χ2v) is 13.8. The van der Waals surface area contributed by atoms with Crippen LogP contribution in [0.2, 0.25) is 0 Å². The van der Waals surface area contributed by atoms with Crippen LogP contribution in [0.4, 0.5) is 0 Å². The zero-order valence-corrected chi connectivity index (χ0v) is 23.0. The first-order valence-electron chi connectivity index (χ1n) is 14.4. The monoisotopic (exact) mass is 517 g/mol. The van der Waals surface area contributed by atoms with Crippen LogP contribution in [0.3, 0.4) is 0 Å². The zero-order valence-electron chi connectivity index (χ0n) is 22.2. The van der Waals surface area contributed by atoms with E-state index in [4.69, 9.17) is 14.2 Å². The number of ether oxygens (including phenoxy) is 3. The molecule has 4 saturated carbocycles. The van der Waals surface area contributed by atoms with Gasteiger partial charge in [0.25, 0.3) is 0 Å². The van der Waals surface area contributed by atoms with Crippen LogP contribution < -0.4 is 9.47 Å². The molecule has 2 aromatic rings. The van der Waals surface area contributed by atoms with Gasteiger partial charge in [0.05, 0.1) is 7.11 Å². The summed E-state index contributed by atoms with van der Waals surface area (Å²) < 4.78 is 19.8. The molecule has 4 bridgehead atoms. The number of likely N-dealkylation sites (tertiary alicyclic amines) is 1. The van der Waals surface area contributed by atoms with Crippen molar-refractivity contribution < 1.29 is 14.2 Å². The quantitative estimate of drug-likeness (QED) is 0.438. The summed E-state index contributed by atoms with van der Waals surface area (Å²) in [5.41, 5.74) is 4.54. The lowest BCUT2D eigenvalue weighted by Crippen LogP contribution is -2.81. The smallest absolute Gasteiger partial charge is 0.165 e. The Balaban J connectivity index is 1.22. The topological polar surface area (TPSA) is 30.9 Å². The Morgan fingerprint density at radius 1 is 1.05 bits per heavy atom. The van der Waals surface area contributed by atoms with Crippen molar-refractivity contribution in [2.45, 2.75) is 73.9 Å². The standard InChI is InChI=1S/C32H39NO3S/c1-34-25-11-10-23-16-26-30-12-13-32(35-2,24(17-30)20-37-19-22-6-4-3-5-7-22)29-31(30,27(23)28(25)36-29)14-15-33(26)18-21-8-9-21/h3-7,10-11,21,24,26,29H,8-9,12-20H2,1-2H3/t24-,26-,29-,30?,31?,32?/m1/s1. The molecule has 0 amide bonds. The van der Waals surface area contributed by atoms with Crippen LogP contribution in [0.1, 0.15) is 55.2 Å². The predicted octanol–water partition coefficient (Wildman–Crippen LogP) is 5.85. The van der Waals surface area contributed by atoms with Crippen molar-refractivity contribution in [3.05, 3.63) is 59.2 Å². The van der Waals surface area contributed by atoms with E-state index in [1.165, 1.54) is 68.3 Å². The van der Waals surface area contributed by atoms with Gasteiger partial charge in [-0.2, -0.15) is 11.8 Å². The van der Waals surface area contributed by atoms with Crippen LogP contribution in [0.25, 0.3) is 0 Å². The lowest BCUT2D eigenvalue weighted by Gasteiger charge is -2.74. The first kappa shape index (κ1) is 23.2. The normalized spacial score (nSPS) is 38.8. The summed E-state index contributed by atoms with van der Waals surface area (Å²) >= 11 is 2.09. The zero-order chi connectivity index (χ0) is 24.8. The van der Waals surface area contributed by atoms with Crippen molar-refractivity contribution in [1.82, 2.24) is 4.90 Å². The molecule has 7 aliphatic rings. The highest BCUT2D eigenvalue weighted by Gasteiger charge is 2.80. The van der Waals surface area contributed by atoms with Gasteiger partial charge in [-0.1, -0.05) is 36.4 Å². The molecule has 5 heteroatoms. The number of thioether (sulfide) groups is 1. The maximum atomic E-state index is 7.17. The molecule has 196 valence electrons. The summed E-state index contributed by atoms with van der Waals surface area (Å²) in [5.74, 6) is 5.59. The highest BCUT2D eigenvalue weighted by Crippen LogP contribution is 2.76. The van der Waals surface area contributed by atoms with Gasteiger partial charge in [0.1, 0.15) is 11.7 Å². The van der Waals surface area contributed by atoms with Crippen LogP contribution in [0, 0.1) is 17.3 Å². The molecular weight excluding hydrogens is 478 g/mol. The first-order chi connectivity index (χ1) is 18.1. The van der Waals surface area contributed by atoms with Crippen molar-refractivity contribution >= 4 is 11.8 Å². The highest BCUT2D eigenvalue weighted by molar-refractivity contribution is 7.98. The Kier molecular flexibility index (Phi) is 5.12. The lowest BCUT2D eigenvalue weighted by atomic mass is 9.35. The molecule has 4 nitrogen and oxygen atoms in total. The number of rotatable bonds is 8. The second-order valence-electron chi connectivity index (χ2n) is 12.7. The predicted molar refractivity (Wildman–Crippen MR) is 148 cm³/mol. The van der Waals surface area contributed by atoms with E-state index in [-0.39, 0.29) is 22.5 Å². The van der Waals surface area contributed by atoms with E-state index in [0.29, 0.717) is 12.0 Å². The number of methoxy groups -OCH3 is 2. The van der Waals surface area contributed by atoms with Crippen molar-refractivity contribution in [3.63, 3.8) is 0 Å². The second kappa shape index (κ2) is 8.16. The summed E-state index contributed by atoms with van der Waals surface area (Å²) in [6.07, 6.45) is 8.96. The molecule has 2 heterocycles. The minimum atomic E-state index is -0.229. The minimum absolute atomic E-state index is 0.0596. The van der Waals surface area contributed by atoms with E-state index in [9.17, 15) is 0 Å². The van der Waals surface area contributed by atoms with Gasteiger partial charge in [0, 0.05) is 47.8 Å². The molecule has 9 rings (SSSR count). The van der Waals surface area contributed by atoms with Gasteiger partial charge >= 0.3 is 0 Å². The van der Waals surface area contributed by atoms with Gasteiger partial charge in [-0.05, 0) is 80.4 Å². The number of nitrogens with zero attached hydrogens (tertiary/aromatic N) is 1. The Morgan fingerprint density at radius 2 is 1.92 bits per heavy atom. The Morgan fingerprint density at radius 3 is 2.70 bits per heavy atom. The van der Waals surface area contributed by atoms with Gasteiger partial charge in [0.15, 0.2) is 11.5 Å². The number of benzene rings is 2. The fourth-order valence-electron chi connectivity index (χ4n) is 9.79. The minimum Gasteiger partial charge on any atom is -0.493 e. The Hall–Kier alpha value is -1.69. The molecule has 5 fully saturated rings. The third-order valence-electron chi connectivity index (χ3n) is 11.4. The fourth-order valence-corrected chi connectivity index (χ4v) is 11.0. The molecule has 2 aromatic carbocycles. The van der Waals surface area contributed by atoms with Gasteiger partial charge in [-0.25, -0.2) is 0 Å². The maximum Gasteiger partial charge on any atom is 0.165 e. The van der Waals surface area contributed by atoms with E-state index in [1.807, 2.05) is 7.11 Å². The van der Waals surface area contributed by atoms with Crippen LogP contribution >= 0.6 is 11.8 Å². The summed E-state index contributed by atoms with van der Waals surface area (Å²) in [7, 11) is 3.77.